The molecule has 0 rings (SSSR count). The first-order chi connectivity index (χ1) is 12.9. The van der Waals surface area contributed by atoms with Crippen molar-refractivity contribution in [3.05, 3.63) is 23.6 Å². The highest BCUT2D eigenvalue weighted by atomic mass is 31.2. The fourth-order valence-electron chi connectivity index (χ4n) is 1.59. The molecule has 2 amide bonds. The number of hydrogen-bond donors (Lipinski definition) is 2. The Morgan fingerprint density at radius 3 is 2.30 bits per heavy atom. The molecule has 154 valence electrons. The van der Waals surface area contributed by atoms with E-state index in [1.54, 1.807) is 0 Å². The first-order valence-electron chi connectivity index (χ1n) is 8.18. The summed E-state index contributed by atoms with van der Waals surface area (Å²) in [5.41, 5.74) is 0.180. The second-order valence-electron chi connectivity index (χ2n) is 4.59. The predicted octanol–water partition coefficient (Wildman–Crippen LogP) is 0.695. The number of nitrogens with zero attached hydrogens (tertiary/aromatic N) is 1. The molecule has 0 saturated carbocycles. The smallest absolute Gasteiger partial charge is 0.245 e. The van der Waals surface area contributed by atoms with Gasteiger partial charge in [-0.15, -0.1) is 0 Å². The third kappa shape index (κ3) is 12.7. The Labute approximate surface area is 164 Å². The molecule has 0 heterocycles. The van der Waals surface area contributed by atoms with Crippen LogP contribution in [0, 0.1) is 0 Å². The van der Waals surface area contributed by atoms with Crippen LogP contribution in [0.5, 0.6) is 0 Å². The Morgan fingerprint density at radius 1 is 1.26 bits per heavy atom. The van der Waals surface area contributed by atoms with E-state index in [0.717, 1.165) is 4.90 Å². The third-order valence-electron chi connectivity index (χ3n) is 2.87. The summed E-state index contributed by atoms with van der Waals surface area (Å²) >= 11 is 0. The van der Waals surface area contributed by atoms with Crippen LogP contribution in [0.2, 0.25) is 0 Å². The van der Waals surface area contributed by atoms with Gasteiger partial charge in [0.15, 0.2) is 14.6 Å². The lowest BCUT2D eigenvalue weighted by Crippen LogP contribution is -2.41. The zero-order valence-electron chi connectivity index (χ0n) is 16.7. The molecule has 0 aromatic heterocycles. The lowest BCUT2D eigenvalue weighted by Gasteiger charge is -2.30. The fourth-order valence-corrected chi connectivity index (χ4v) is 2.12. The molecule has 0 aliphatic carbocycles. The third-order valence-corrected chi connectivity index (χ3v) is 3.76. The van der Waals surface area contributed by atoms with E-state index in [4.69, 9.17) is 26.6 Å². The number of carbonyl (C=O) groups is 2. The molecular weight excluding hydrogens is 374 g/mol. The number of hydrogen-bond acceptors (Lipinski definition) is 7. The normalized spacial score (nSPS) is 14.7. The second-order valence-corrected chi connectivity index (χ2v) is 5.82. The van der Waals surface area contributed by atoms with Gasteiger partial charge in [0.1, 0.15) is 7.85 Å². The van der Waals surface area contributed by atoms with Gasteiger partial charge in [-0.2, -0.15) is 0 Å². The molecular formula is C16H30BN2O7P. The Kier molecular flexibility index (Phi) is 18.7. The number of carbonyl (C=O) groups excluding carboxylic acids is 2. The van der Waals surface area contributed by atoms with Crippen LogP contribution >= 0.6 is 8.38 Å². The van der Waals surface area contributed by atoms with Gasteiger partial charge >= 0.3 is 0 Å². The SMILES string of the molecule is CC.[B]/C(=C\P(O)OC)C(COC)OC(COC)N(C=O)/C=C\C(=O)NC. The van der Waals surface area contributed by atoms with E-state index in [9.17, 15) is 14.5 Å². The number of ether oxygens (including phenoxy) is 3. The molecule has 2 radical (unpaired) electrons. The molecule has 0 aliphatic heterocycles. The van der Waals surface area contributed by atoms with Gasteiger partial charge in [-0.1, -0.05) is 19.3 Å². The Hall–Kier alpha value is -1.29. The molecule has 0 aromatic carbocycles. The summed E-state index contributed by atoms with van der Waals surface area (Å²) in [6.45, 7) is 4.09. The topological polar surface area (TPSA) is 107 Å². The summed E-state index contributed by atoms with van der Waals surface area (Å²) in [6.07, 6.45) is 1.27. The summed E-state index contributed by atoms with van der Waals surface area (Å²) in [5, 5.41) is 2.39. The molecule has 0 spiro atoms. The highest BCUT2D eigenvalue weighted by molar-refractivity contribution is 7.49. The van der Waals surface area contributed by atoms with Crippen molar-refractivity contribution in [1.82, 2.24) is 10.2 Å². The Morgan fingerprint density at radius 2 is 1.85 bits per heavy atom. The molecule has 2 N–H and O–H groups in total. The Bertz CT molecular complexity index is 466. The minimum absolute atomic E-state index is 0.0164. The molecule has 11 heteroatoms. The number of likely N-dealkylation sites (N-methyl/N-ethyl adjacent to an activating group) is 1. The lowest BCUT2D eigenvalue weighted by atomic mass is 9.92. The van der Waals surface area contributed by atoms with Crippen LogP contribution in [0.1, 0.15) is 13.8 Å². The molecule has 0 aromatic rings. The van der Waals surface area contributed by atoms with Crippen LogP contribution in [0.15, 0.2) is 23.6 Å². The van der Waals surface area contributed by atoms with Crippen LogP contribution in [0.25, 0.3) is 0 Å². The lowest BCUT2D eigenvalue weighted by molar-refractivity contribution is -0.141. The molecule has 3 atom stereocenters. The molecule has 3 unspecified atom stereocenters. The van der Waals surface area contributed by atoms with Gasteiger partial charge in [0, 0.05) is 40.7 Å². The maximum atomic E-state index is 11.3. The van der Waals surface area contributed by atoms with Crippen molar-refractivity contribution in [2.45, 2.75) is 26.2 Å². The number of amides is 2. The zero-order valence-corrected chi connectivity index (χ0v) is 17.6. The van der Waals surface area contributed by atoms with Crippen LogP contribution in [-0.2, 0) is 28.3 Å². The van der Waals surface area contributed by atoms with E-state index in [-0.39, 0.29) is 24.6 Å². The average molecular weight is 404 g/mol. The molecule has 0 aliphatic rings. The first kappa shape index (κ1) is 27.9. The highest BCUT2D eigenvalue weighted by Crippen LogP contribution is 2.33. The molecule has 0 fully saturated rings. The van der Waals surface area contributed by atoms with E-state index in [1.165, 1.54) is 46.5 Å². The van der Waals surface area contributed by atoms with Gasteiger partial charge in [-0.3, -0.25) is 14.5 Å². The van der Waals surface area contributed by atoms with Crippen LogP contribution in [0.4, 0.5) is 0 Å². The van der Waals surface area contributed by atoms with E-state index in [2.05, 4.69) is 5.32 Å². The van der Waals surface area contributed by atoms with Crippen LogP contribution in [-0.4, -0.2) is 83.9 Å². The molecule has 0 saturated heterocycles. The van der Waals surface area contributed by atoms with Gasteiger partial charge in [0.25, 0.3) is 0 Å². The van der Waals surface area contributed by atoms with E-state index in [0.29, 0.717) is 6.41 Å². The maximum Gasteiger partial charge on any atom is 0.245 e. The predicted molar refractivity (Wildman–Crippen MR) is 105 cm³/mol. The quantitative estimate of drug-likeness (QED) is 0.153. The van der Waals surface area contributed by atoms with Gasteiger partial charge in [0.2, 0.25) is 12.3 Å². The van der Waals surface area contributed by atoms with Gasteiger partial charge < -0.3 is 28.9 Å². The number of rotatable bonds is 13. The van der Waals surface area contributed by atoms with E-state index >= 15 is 0 Å². The minimum Gasteiger partial charge on any atom is -0.382 e. The van der Waals surface area contributed by atoms with Gasteiger partial charge in [0.05, 0.1) is 19.3 Å². The average Bonchev–Trinajstić information content (AvgIpc) is 2.68. The zero-order chi connectivity index (χ0) is 21.2. The highest BCUT2D eigenvalue weighted by Gasteiger charge is 2.23. The largest absolute Gasteiger partial charge is 0.382 e. The summed E-state index contributed by atoms with van der Waals surface area (Å²) in [5.74, 6) is 0.927. The summed E-state index contributed by atoms with van der Waals surface area (Å²) in [7, 11) is 9.77. The molecule has 27 heavy (non-hydrogen) atoms. The van der Waals surface area contributed by atoms with Crippen molar-refractivity contribution in [2.24, 2.45) is 0 Å². The van der Waals surface area contributed by atoms with E-state index in [1.807, 2.05) is 13.8 Å². The van der Waals surface area contributed by atoms with Crippen molar-refractivity contribution < 1.29 is 33.2 Å². The molecule has 9 nitrogen and oxygen atoms in total. The maximum absolute atomic E-state index is 11.3. The van der Waals surface area contributed by atoms with Gasteiger partial charge in [-0.05, 0) is 5.82 Å². The van der Waals surface area contributed by atoms with Crippen LogP contribution in [0.3, 0.4) is 0 Å². The first-order valence-corrected chi connectivity index (χ1v) is 9.46. The van der Waals surface area contributed by atoms with E-state index < -0.39 is 20.7 Å². The summed E-state index contributed by atoms with van der Waals surface area (Å²) in [6, 6.07) is 0. The van der Waals surface area contributed by atoms with Crippen molar-refractivity contribution in [3.63, 3.8) is 0 Å². The number of methoxy groups -OCH3 is 2. The Balaban J connectivity index is 0. The second kappa shape index (κ2) is 18.1. The molecule has 0 bridgehead atoms. The minimum atomic E-state index is -1.83. The standard InChI is InChI=1S/C14H24BN2O7P.C2H6/c1-16-13(19)5-6-17(10-18)14(8-22-3)24-12(7-21-2)11(15)9-25(20)23-4;1-2/h5-6,9-10,12,14,20H,7-8H2,1-4H3,(H,16,19);1-2H3/b6-5-,11-9-;. The summed E-state index contributed by atoms with van der Waals surface area (Å²) < 4.78 is 20.6. The fraction of sp³-hybridized carbons (Fsp3) is 0.625. The van der Waals surface area contributed by atoms with Crippen molar-refractivity contribution >= 4 is 28.5 Å². The van der Waals surface area contributed by atoms with Crippen molar-refractivity contribution in [3.8, 4) is 0 Å². The summed E-state index contributed by atoms with van der Waals surface area (Å²) in [4.78, 5) is 33.3. The van der Waals surface area contributed by atoms with Crippen molar-refractivity contribution in [2.75, 3.05) is 41.6 Å². The van der Waals surface area contributed by atoms with Gasteiger partial charge in [-0.25, -0.2) is 0 Å². The van der Waals surface area contributed by atoms with Crippen molar-refractivity contribution in [1.29, 1.82) is 0 Å². The number of nitrogens with one attached hydrogen (secondary N) is 1. The monoisotopic (exact) mass is 404 g/mol. The van der Waals surface area contributed by atoms with Crippen LogP contribution < -0.4 is 5.32 Å².